The first-order chi connectivity index (χ1) is 10.3. The second kappa shape index (κ2) is 6.48. The summed E-state index contributed by atoms with van der Waals surface area (Å²) in [5, 5.41) is 2.56. The molecule has 0 radical (unpaired) electrons. The Labute approximate surface area is 130 Å². The van der Waals surface area contributed by atoms with E-state index < -0.39 is 9.84 Å². The predicted octanol–water partition coefficient (Wildman–Crippen LogP) is 0.370. The topological polar surface area (TPSA) is 83.6 Å². The van der Waals surface area contributed by atoms with Crippen LogP contribution in [0.15, 0.2) is 24.3 Å². The quantitative estimate of drug-likeness (QED) is 0.867. The summed E-state index contributed by atoms with van der Waals surface area (Å²) in [4.78, 5) is 25.4. The number of sulfone groups is 1. The van der Waals surface area contributed by atoms with Gasteiger partial charge in [0.2, 0.25) is 5.91 Å². The normalized spacial score (nSPS) is 19.6. The Bertz CT molecular complexity index is 667. The molecule has 2 amide bonds. The number of nitrogens with zero attached hydrogens (tertiary/aromatic N) is 1. The molecule has 0 saturated carbocycles. The molecule has 1 aromatic carbocycles. The molecule has 1 N–H and O–H groups in total. The third-order valence-electron chi connectivity index (χ3n) is 3.86. The third kappa shape index (κ3) is 4.07. The van der Waals surface area contributed by atoms with Gasteiger partial charge in [0.15, 0.2) is 9.84 Å². The van der Waals surface area contributed by atoms with E-state index in [2.05, 4.69) is 5.32 Å². The first-order valence-corrected chi connectivity index (χ1v) is 8.91. The lowest BCUT2D eigenvalue weighted by atomic mass is 10.1. The van der Waals surface area contributed by atoms with E-state index in [4.69, 9.17) is 0 Å². The zero-order chi connectivity index (χ0) is 16.3. The van der Waals surface area contributed by atoms with Crippen molar-refractivity contribution in [1.82, 2.24) is 10.2 Å². The Kier molecular flexibility index (Phi) is 4.85. The largest absolute Gasteiger partial charge is 0.343 e. The van der Waals surface area contributed by atoms with Gasteiger partial charge >= 0.3 is 0 Å². The molecule has 1 atom stereocenters. The molecule has 6 nitrogen and oxygen atoms in total. The number of likely N-dealkylation sites (N-methyl/N-ethyl adjacent to an activating group) is 1. The van der Waals surface area contributed by atoms with Gasteiger partial charge in [0.1, 0.15) is 0 Å². The van der Waals surface area contributed by atoms with Crippen molar-refractivity contribution in [3.8, 4) is 0 Å². The Morgan fingerprint density at radius 3 is 2.45 bits per heavy atom. The molecular formula is C15H20N2O4S. The Balaban J connectivity index is 1.87. The van der Waals surface area contributed by atoms with Crippen molar-refractivity contribution in [2.45, 2.75) is 19.4 Å². The van der Waals surface area contributed by atoms with Crippen LogP contribution in [-0.2, 0) is 14.6 Å². The molecule has 0 bridgehead atoms. The number of hydrogen-bond donors (Lipinski definition) is 1. The minimum atomic E-state index is -3.03. The molecule has 1 saturated heterocycles. The lowest BCUT2D eigenvalue weighted by molar-refractivity contribution is -0.130. The van der Waals surface area contributed by atoms with Crippen LogP contribution in [0.25, 0.3) is 0 Å². The second-order valence-electron chi connectivity index (χ2n) is 5.61. The Morgan fingerprint density at radius 2 is 1.91 bits per heavy atom. The van der Waals surface area contributed by atoms with Gasteiger partial charge in [-0.15, -0.1) is 0 Å². The van der Waals surface area contributed by atoms with Crippen molar-refractivity contribution in [1.29, 1.82) is 0 Å². The predicted molar refractivity (Wildman–Crippen MR) is 83.3 cm³/mol. The molecule has 22 heavy (non-hydrogen) atoms. The molecule has 0 aliphatic carbocycles. The van der Waals surface area contributed by atoms with Crippen molar-refractivity contribution in [2.24, 2.45) is 0 Å². The molecule has 1 unspecified atom stereocenters. The molecule has 0 aromatic heterocycles. The molecule has 1 fully saturated rings. The zero-order valence-corrected chi connectivity index (χ0v) is 13.5. The minimum Gasteiger partial charge on any atom is -0.343 e. The summed E-state index contributed by atoms with van der Waals surface area (Å²) >= 11 is 0. The maximum Gasteiger partial charge on any atom is 0.251 e. The number of amides is 2. The molecule has 1 aliphatic heterocycles. The van der Waals surface area contributed by atoms with Crippen LogP contribution in [0.5, 0.6) is 0 Å². The highest BCUT2D eigenvalue weighted by Gasteiger charge is 2.32. The minimum absolute atomic E-state index is 0.00114. The Hall–Kier alpha value is -1.89. The van der Waals surface area contributed by atoms with Gasteiger partial charge in [0.05, 0.1) is 18.1 Å². The number of carbonyl (C=O) groups is 2. The maximum absolute atomic E-state index is 12.0. The van der Waals surface area contributed by atoms with Crippen LogP contribution in [0.4, 0.5) is 0 Å². The molecule has 1 heterocycles. The van der Waals surface area contributed by atoms with Crippen molar-refractivity contribution in [3.63, 3.8) is 0 Å². The number of hydrogen-bond acceptors (Lipinski definition) is 4. The fourth-order valence-corrected chi connectivity index (χ4v) is 4.15. The van der Waals surface area contributed by atoms with E-state index in [0.717, 1.165) is 5.56 Å². The maximum atomic E-state index is 12.0. The van der Waals surface area contributed by atoms with Gasteiger partial charge in [0.25, 0.3) is 5.91 Å². The summed E-state index contributed by atoms with van der Waals surface area (Å²) in [6, 6.07) is 6.75. The molecule has 1 aromatic rings. The van der Waals surface area contributed by atoms with Gasteiger partial charge in [-0.2, -0.15) is 0 Å². The first-order valence-electron chi connectivity index (χ1n) is 7.09. The van der Waals surface area contributed by atoms with Crippen LogP contribution in [0.1, 0.15) is 22.3 Å². The fraction of sp³-hybridized carbons (Fsp3) is 0.467. The van der Waals surface area contributed by atoms with Gasteiger partial charge in [0, 0.05) is 18.7 Å². The first kappa shape index (κ1) is 16.5. The summed E-state index contributed by atoms with van der Waals surface area (Å²) < 4.78 is 22.9. The van der Waals surface area contributed by atoms with Crippen LogP contribution in [0, 0.1) is 6.92 Å². The highest BCUT2D eigenvalue weighted by Crippen LogP contribution is 2.16. The van der Waals surface area contributed by atoms with Gasteiger partial charge < -0.3 is 10.2 Å². The second-order valence-corrected chi connectivity index (χ2v) is 7.84. The van der Waals surface area contributed by atoms with Gasteiger partial charge in [-0.3, -0.25) is 9.59 Å². The standard InChI is InChI=1S/C15H20N2O4S/c1-11-3-5-12(6-4-11)15(19)16-9-14(18)17(2)13-7-8-22(20,21)10-13/h3-6,13H,7-10H2,1-2H3,(H,16,19). The summed E-state index contributed by atoms with van der Waals surface area (Å²) in [7, 11) is -1.46. The van der Waals surface area contributed by atoms with Crippen LogP contribution in [0.3, 0.4) is 0 Å². The lowest BCUT2D eigenvalue weighted by Crippen LogP contribution is -2.43. The molecule has 0 spiro atoms. The van der Waals surface area contributed by atoms with E-state index in [9.17, 15) is 18.0 Å². The van der Waals surface area contributed by atoms with Crippen LogP contribution in [-0.4, -0.2) is 56.3 Å². The number of nitrogens with one attached hydrogen (secondary N) is 1. The average molecular weight is 324 g/mol. The Morgan fingerprint density at radius 1 is 1.27 bits per heavy atom. The highest BCUT2D eigenvalue weighted by molar-refractivity contribution is 7.91. The van der Waals surface area contributed by atoms with Gasteiger partial charge in [-0.25, -0.2) is 8.42 Å². The molecule has 1 aliphatic rings. The van der Waals surface area contributed by atoms with E-state index >= 15 is 0 Å². The monoisotopic (exact) mass is 324 g/mol. The summed E-state index contributed by atoms with van der Waals surface area (Å²) in [6.45, 7) is 1.79. The van der Waals surface area contributed by atoms with Crippen molar-refractivity contribution in [3.05, 3.63) is 35.4 Å². The molecule has 120 valence electrons. The van der Waals surface area contributed by atoms with E-state index in [1.807, 2.05) is 19.1 Å². The number of benzene rings is 1. The van der Waals surface area contributed by atoms with Crippen LogP contribution in [0.2, 0.25) is 0 Å². The van der Waals surface area contributed by atoms with Crippen LogP contribution >= 0.6 is 0 Å². The van der Waals surface area contributed by atoms with Crippen molar-refractivity contribution >= 4 is 21.7 Å². The highest BCUT2D eigenvalue weighted by atomic mass is 32.2. The molecule has 7 heteroatoms. The smallest absolute Gasteiger partial charge is 0.251 e. The van der Waals surface area contributed by atoms with E-state index in [0.29, 0.717) is 12.0 Å². The summed E-state index contributed by atoms with van der Waals surface area (Å²) in [5.41, 5.74) is 1.54. The number of carbonyl (C=O) groups excluding carboxylic acids is 2. The number of rotatable bonds is 4. The zero-order valence-electron chi connectivity index (χ0n) is 12.7. The molecular weight excluding hydrogens is 304 g/mol. The van der Waals surface area contributed by atoms with Gasteiger partial charge in [-0.05, 0) is 25.5 Å². The summed E-state index contributed by atoms with van der Waals surface area (Å²) in [6.07, 6.45) is 0.455. The van der Waals surface area contributed by atoms with Crippen LogP contribution < -0.4 is 5.32 Å². The number of aryl methyl sites for hydroxylation is 1. The van der Waals surface area contributed by atoms with Crippen molar-refractivity contribution < 1.29 is 18.0 Å². The van der Waals surface area contributed by atoms with E-state index in [1.165, 1.54) is 4.90 Å². The molecule has 2 rings (SSSR count). The summed E-state index contributed by atoms with van der Waals surface area (Å²) in [5.74, 6) is -0.491. The SMILES string of the molecule is Cc1ccc(C(=O)NCC(=O)N(C)C2CCS(=O)(=O)C2)cc1. The van der Waals surface area contributed by atoms with Gasteiger partial charge in [-0.1, -0.05) is 17.7 Å². The lowest BCUT2D eigenvalue weighted by Gasteiger charge is -2.23. The average Bonchev–Trinajstić information content (AvgIpc) is 2.84. The van der Waals surface area contributed by atoms with Crippen molar-refractivity contribution in [2.75, 3.05) is 25.1 Å². The third-order valence-corrected chi connectivity index (χ3v) is 5.61. The van der Waals surface area contributed by atoms with E-state index in [1.54, 1.807) is 19.2 Å². The fourth-order valence-electron chi connectivity index (χ4n) is 2.37. The van der Waals surface area contributed by atoms with E-state index in [-0.39, 0.29) is 35.9 Å².